The third-order valence-electron chi connectivity index (χ3n) is 6.11. The summed E-state index contributed by atoms with van der Waals surface area (Å²) >= 11 is 1.19. The standard InChI is InChI=1S/C30H24N4O5S/c1-38-25-16-10-9-15-21(25)31-28(36)27(35)26(29(37)39-2)23-18-40-30(32-23)34-24(20-13-7-4-8-14-20)17-22(33-34)19-11-5-3-6-12-19/h3-18,26H,1-2H3,(H,31,36). The number of aromatic nitrogens is 3. The molecule has 5 aromatic rings. The molecule has 0 fully saturated rings. The van der Waals surface area contributed by atoms with Crippen LogP contribution in [-0.4, -0.2) is 46.6 Å². The molecule has 2 aromatic heterocycles. The second-order valence-electron chi connectivity index (χ2n) is 8.59. The lowest BCUT2D eigenvalue weighted by Crippen LogP contribution is -2.33. The summed E-state index contributed by atoms with van der Waals surface area (Å²) in [5, 5.41) is 9.29. The molecule has 1 N–H and O–H groups in total. The number of hydrogen-bond donors (Lipinski definition) is 1. The van der Waals surface area contributed by atoms with Crippen LogP contribution in [0.15, 0.2) is 96.4 Å². The van der Waals surface area contributed by atoms with Gasteiger partial charge < -0.3 is 14.8 Å². The summed E-state index contributed by atoms with van der Waals surface area (Å²) in [7, 11) is 2.60. The highest BCUT2D eigenvalue weighted by Crippen LogP contribution is 2.32. The van der Waals surface area contributed by atoms with Gasteiger partial charge in [-0.15, -0.1) is 11.3 Å². The van der Waals surface area contributed by atoms with E-state index >= 15 is 0 Å². The number of nitrogens with one attached hydrogen (secondary N) is 1. The van der Waals surface area contributed by atoms with Gasteiger partial charge in [0.15, 0.2) is 5.92 Å². The van der Waals surface area contributed by atoms with E-state index in [9.17, 15) is 14.4 Å². The number of rotatable bonds is 9. The molecule has 0 saturated carbocycles. The van der Waals surface area contributed by atoms with Crippen molar-refractivity contribution in [1.82, 2.24) is 14.8 Å². The monoisotopic (exact) mass is 552 g/mol. The third kappa shape index (κ3) is 5.38. The predicted molar refractivity (Wildman–Crippen MR) is 151 cm³/mol. The largest absolute Gasteiger partial charge is 0.495 e. The van der Waals surface area contributed by atoms with E-state index in [0.717, 1.165) is 29.6 Å². The van der Waals surface area contributed by atoms with Gasteiger partial charge in [0.1, 0.15) is 5.75 Å². The maximum atomic E-state index is 13.3. The number of methoxy groups -OCH3 is 2. The molecule has 200 valence electrons. The molecule has 3 aromatic carbocycles. The number of benzene rings is 3. The van der Waals surface area contributed by atoms with Gasteiger partial charge in [-0.25, -0.2) is 9.67 Å². The minimum absolute atomic E-state index is 0.0859. The van der Waals surface area contributed by atoms with Crippen LogP contribution in [0.4, 0.5) is 5.69 Å². The minimum atomic E-state index is -1.56. The van der Waals surface area contributed by atoms with Crippen LogP contribution >= 0.6 is 11.3 Å². The highest BCUT2D eigenvalue weighted by Gasteiger charge is 2.37. The fraction of sp³-hybridized carbons (Fsp3) is 0.100. The van der Waals surface area contributed by atoms with Gasteiger partial charge in [0.05, 0.1) is 37.0 Å². The number of esters is 1. The van der Waals surface area contributed by atoms with E-state index in [1.54, 1.807) is 34.3 Å². The minimum Gasteiger partial charge on any atom is -0.495 e. The number of ketones is 1. The molecule has 0 spiro atoms. The van der Waals surface area contributed by atoms with Crippen molar-refractivity contribution in [2.45, 2.75) is 5.92 Å². The predicted octanol–water partition coefficient (Wildman–Crippen LogP) is 5.14. The first-order chi connectivity index (χ1) is 19.5. The summed E-state index contributed by atoms with van der Waals surface area (Å²) in [6.07, 6.45) is 0. The van der Waals surface area contributed by atoms with Crippen molar-refractivity contribution < 1.29 is 23.9 Å². The molecule has 2 heterocycles. The van der Waals surface area contributed by atoms with E-state index in [1.165, 1.54) is 18.4 Å². The quantitative estimate of drug-likeness (QED) is 0.153. The van der Waals surface area contributed by atoms with E-state index in [4.69, 9.17) is 14.6 Å². The summed E-state index contributed by atoms with van der Waals surface area (Å²) < 4.78 is 11.8. The van der Waals surface area contributed by atoms with Crippen molar-refractivity contribution in [1.29, 1.82) is 0 Å². The number of carbonyl (C=O) groups excluding carboxylic acids is 3. The van der Waals surface area contributed by atoms with Crippen LogP contribution in [0, 0.1) is 0 Å². The topological polar surface area (TPSA) is 112 Å². The maximum Gasteiger partial charge on any atom is 0.323 e. The molecule has 0 radical (unpaired) electrons. The van der Waals surface area contributed by atoms with Crippen LogP contribution in [0.1, 0.15) is 11.6 Å². The molecular weight excluding hydrogens is 528 g/mol. The summed E-state index contributed by atoms with van der Waals surface area (Å²) in [4.78, 5) is 43.5. The molecule has 0 bridgehead atoms. The number of thiazole rings is 1. The van der Waals surface area contributed by atoms with Crippen molar-refractivity contribution in [3.63, 3.8) is 0 Å². The number of Topliss-reactive ketones (excluding diaryl/α,β-unsaturated/α-hetero) is 1. The smallest absolute Gasteiger partial charge is 0.323 e. The number of nitrogens with zero attached hydrogens (tertiary/aromatic N) is 3. The van der Waals surface area contributed by atoms with Gasteiger partial charge in [-0.2, -0.15) is 5.10 Å². The van der Waals surface area contributed by atoms with Crippen LogP contribution in [0.2, 0.25) is 0 Å². The molecule has 0 aliphatic carbocycles. The summed E-state index contributed by atoms with van der Waals surface area (Å²) in [6, 6.07) is 28.0. The van der Waals surface area contributed by atoms with Crippen molar-refractivity contribution >= 4 is 34.7 Å². The molecule has 1 unspecified atom stereocenters. The lowest BCUT2D eigenvalue weighted by atomic mass is 10.0. The first-order valence-corrected chi connectivity index (χ1v) is 13.1. The van der Waals surface area contributed by atoms with E-state index in [0.29, 0.717) is 16.6 Å². The molecule has 0 aliphatic heterocycles. The zero-order valence-corrected chi connectivity index (χ0v) is 22.4. The van der Waals surface area contributed by atoms with Crippen LogP contribution in [0.25, 0.3) is 27.6 Å². The second kappa shape index (κ2) is 11.7. The fourth-order valence-electron chi connectivity index (χ4n) is 4.14. The molecule has 40 heavy (non-hydrogen) atoms. The highest BCUT2D eigenvalue weighted by molar-refractivity contribution is 7.12. The molecule has 1 atom stereocenters. The molecule has 1 amide bonds. The van der Waals surface area contributed by atoms with Crippen LogP contribution < -0.4 is 10.1 Å². The Balaban J connectivity index is 1.51. The second-order valence-corrected chi connectivity index (χ2v) is 9.43. The lowest BCUT2D eigenvalue weighted by molar-refractivity contribution is -0.148. The number of hydrogen-bond acceptors (Lipinski definition) is 8. The third-order valence-corrected chi connectivity index (χ3v) is 6.95. The molecular formula is C30H24N4O5S. The molecule has 0 saturated heterocycles. The average molecular weight is 553 g/mol. The first-order valence-electron chi connectivity index (χ1n) is 12.2. The Hall–Kier alpha value is -5.09. The maximum absolute atomic E-state index is 13.3. The van der Waals surface area contributed by atoms with Gasteiger partial charge >= 0.3 is 5.97 Å². The van der Waals surface area contributed by atoms with Gasteiger partial charge in [0.25, 0.3) is 5.91 Å². The van der Waals surface area contributed by atoms with Crippen LogP contribution in [-0.2, 0) is 19.1 Å². The summed E-state index contributed by atoms with van der Waals surface area (Å²) in [6.45, 7) is 0. The normalized spacial score (nSPS) is 11.4. The Kier molecular flexibility index (Phi) is 7.79. The van der Waals surface area contributed by atoms with Gasteiger partial charge in [-0.05, 0) is 18.2 Å². The van der Waals surface area contributed by atoms with Crippen LogP contribution in [0.5, 0.6) is 5.75 Å². The molecule has 5 rings (SSSR count). The SMILES string of the molecule is COC(=O)C(C(=O)C(=O)Nc1ccccc1OC)c1csc(-n2nc(-c3ccccc3)cc2-c2ccccc2)n1. The number of ether oxygens (including phenoxy) is 2. The highest BCUT2D eigenvalue weighted by atomic mass is 32.1. The number of anilines is 1. The van der Waals surface area contributed by atoms with E-state index in [2.05, 4.69) is 10.3 Å². The van der Waals surface area contributed by atoms with Crippen molar-refractivity contribution in [3.8, 4) is 33.4 Å². The van der Waals surface area contributed by atoms with E-state index in [1.807, 2.05) is 66.7 Å². The lowest BCUT2D eigenvalue weighted by Gasteiger charge is -2.13. The van der Waals surface area contributed by atoms with Crippen molar-refractivity contribution in [3.05, 3.63) is 102 Å². The first kappa shape index (κ1) is 26.5. The molecule has 9 nitrogen and oxygen atoms in total. The van der Waals surface area contributed by atoms with Gasteiger partial charge in [0, 0.05) is 16.5 Å². The summed E-state index contributed by atoms with van der Waals surface area (Å²) in [5.41, 5.74) is 3.71. The van der Waals surface area contributed by atoms with E-state index < -0.39 is 23.6 Å². The Morgan fingerprint density at radius 3 is 2.20 bits per heavy atom. The van der Waals surface area contributed by atoms with Crippen LogP contribution in [0.3, 0.4) is 0 Å². The van der Waals surface area contributed by atoms with Crippen molar-refractivity contribution in [2.75, 3.05) is 19.5 Å². The fourth-order valence-corrected chi connectivity index (χ4v) is 4.95. The number of para-hydroxylation sites is 2. The van der Waals surface area contributed by atoms with Gasteiger partial charge in [0.2, 0.25) is 10.9 Å². The Labute approximate surface area is 234 Å². The average Bonchev–Trinajstić information content (AvgIpc) is 3.66. The zero-order chi connectivity index (χ0) is 28.1. The Morgan fingerprint density at radius 2 is 1.52 bits per heavy atom. The van der Waals surface area contributed by atoms with Crippen molar-refractivity contribution in [2.24, 2.45) is 0 Å². The van der Waals surface area contributed by atoms with Gasteiger partial charge in [-0.3, -0.25) is 14.4 Å². The summed E-state index contributed by atoms with van der Waals surface area (Å²) in [5.74, 6) is -4.09. The molecule has 0 aliphatic rings. The number of amides is 1. The zero-order valence-electron chi connectivity index (χ0n) is 21.6. The Morgan fingerprint density at radius 1 is 0.875 bits per heavy atom. The number of carbonyl (C=O) groups is 3. The Bertz CT molecular complexity index is 1660. The van der Waals surface area contributed by atoms with E-state index in [-0.39, 0.29) is 5.69 Å². The molecule has 10 heteroatoms. The van der Waals surface area contributed by atoms with Gasteiger partial charge in [-0.1, -0.05) is 72.8 Å².